The molecule has 0 saturated heterocycles. The molecule has 3 N–H and O–H groups in total. The molecule has 1 aromatic carbocycles. The first-order valence-electron chi connectivity index (χ1n) is 6.53. The number of nitrogens with two attached hydrogens (primary N) is 1. The summed E-state index contributed by atoms with van der Waals surface area (Å²) in [7, 11) is 0. The lowest BCUT2D eigenvalue weighted by Gasteiger charge is -2.08. The van der Waals surface area contributed by atoms with Gasteiger partial charge in [-0.25, -0.2) is 4.99 Å². The van der Waals surface area contributed by atoms with Gasteiger partial charge in [0.25, 0.3) is 0 Å². The van der Waals surface area contributed by atoms with Crippen molar-refractivity contribution in [3.05, 3.63) is 42.2 Å². The van der Waals surface area contributed by atoms with Gasteiger partial charge in [0.1, 0.15) is 0 Å². The van der Waals surface area contributed by atoms with Gasteiger partial charge in [0, 0.05) is 18.1 Å². The summed E-state index contributed by atoms with van der Waals surface area (Å²) in [5.74, 6) is 1.02. The molecular formula is C15H21IN4. The minimum atomic E-state index is 0. The Balaban J connectivity index is 0.00000200. The van der Waals surface area contributed by atoms with Crippen LogP contribution in [0.1, 0.15) is 19.5 Å². The van der Waals surface area contributed by atoms with Crippen molar-refractivity contribution in [3.8, 4) is 0 Å². The predicted octanol–water partition coefficient (Wildman–Crippen LogP) is 2.91. The summed E-state index contributed by atoms with van der Waals surface area (Å²) < 4.78 is 0. The fraction of sp³-hybridized carbons (Fsp3) is 0.333. The Morgan fingerprint density at radius 1 is 1.30 bits per heavy atom. The van der Waals surface area contributed by atoms with Crippen LogP contribution in [0.4, 0.5) is 0 Å². The van der Waals surface area contributed by atoms with Crippen LogP contribution in [0.15, 0.2) is 41.5 Å². The number of hydrogen-bond donors (Lipinski definition) is 2. The lowest BCUT2D eigenvalue weighted by atomic mass is 10.1. The van der Waals surface area contributed by atoms with Crippen molar-refractivity contribution in [2.45, 2.75) is 20.4 Å². The molecule has 0 unspecified atom stereocenters. The standard InChI is InChI=1S/C15H20N4.HI/c1-11(2)9-18-15(16)19-10-14-13-6-4-3-5-12(13)7-8-17-14;/h3-8,11H,9-10H2,1-2H3,(H3,16,18,19);1H. The van der Waals surface area contributed by atoms with Gasteiger partial charge in [-0.2, -0.15) is 0 Å². The van der Waals surface area contributed by atoms with E-state index in [0.29, 0.717) is 18.4 Å². The Morgan fingerprint density at radius 2 is 2.05 bits per heavy atom. The highest BCUT2D eigenvalue weighted by molar-refractivity contribution is 14.0. The molecule has 20 heavy (non-hydrogen) atoms. The van der Waals surface area contributed by atoms with E-state index in [1.165, 1.54) is 5.39 Å². The van der Waals surface area contributed by atoms with Crippen molar-refractivity contribution in [2.75, 3.05) is 6.54 Å². The number of aliphatic imine (C=N–C) groups is 1. The largest absolute Gasteiger partial charge is 0.370 e. The molecule has 1 aromatic heterocycles. The minimum Gasteiger partial charge on any atom is -0.370 e. The third-order valence-corrected chi connectivity index (χ3v) is 2.85. The van der Waals surface area contributed by atoms with E-state index < -0.39 is 0 Å². The van der Waals surface area contributed by atoms with Crippen molar-refractivity contribution in [1.82, 2.24) is 10.3 Å². The van der Waals surface area contributed by atoms with E-state index in [2.05, 4.69) is 41.3 Å². The fourth-order valence-corrected chi connectivity index (χ4v) is 1.83. The van der Waals surface area contributed by atoms with Gasteiger partial charge in [0.05, 0.1) is 12.2 Å². The van der Waals surface area contributed by atoms with Gasteiger partial charge in [0.15, 0.2) is 5.96 Å². The molecule has 4 nitrogen and oxygen atoms in total. The third kappa shape index (κ3) is 4.63. The highest BCUT2D eigenvalue weighted by atomic mass is 127. The summed E-state index contributed by atoms with van der Waals surface area (Å²) in [5, 5.41) is 5.41. The first-order chi connectivity index (χ1) is 9.16. The molecule has 2 aromatic rings. The smallest absolute Gasteiger partial charge is 0.188 e. The van der Waals surface area contributed by atoms with E-state index >= 15 is 0 Å². The number of pyridine rings is 1. The van der Waals surface area contributed by atoms with Crippen molar-refractivity contribution in [2.24, 2.45) is 16.6 Å². The first kappa shape index (κ1) is 16.7. The Morgan fingerprint density at radius 3 is 2.80 bits per heavy atom. The molecule has 0 fully saturated rings. The predicted molar refractivity (Wildman–Crippen MR) is 95.3 cm³/mol. The second-order valence-corrected chi connectivity index (χ2v) is 4.95. The van der Waals surface area contributed by atoms with Gasteiger partial charge in [-0.3, -0.25) is 4.98 Å². The van der Waals surface area contributed by atoms with E-state index in [9.17, 15) is 0 Å². The van der Waals surface area contributed by atoms with E-state index in [1.54, 1.807) is 0 Å². The molecule has 1 heterocycles. The quantitative estimate of drug-likeness (QED) is 0.484. The Bertz CT molecular complexity index is 576. The number of benzene rings is 1. The molecular weight excluding hydrogens is 363 g/mol. The van der Waals surface area contributed by atoms with Gasteiger partial charge in [0.2, 0.25) is 0 Å². The maximum Gasteiger partial charge on any atom is 0.188 e. The van der Waals surface area contributed by atoms with Crippen LogP contribution in [-0.2, 0) is 6.54 Å². The van der Waals surface area contributed by atoms with Crippen LogP contribution in [-0.4, -0.2) is 17.5 Å². The molecule has 0 aliphatic heterocycles. The van der Waals surface area contributed by atoms with Crippen LogP contribution in [0.3, 0.4) is 0 Å². The van der Waals surface area contributed by atoms with Crippen molar-refractivity contribution < 1.29 is 0 Å². The number of fused-ring (bicyclic) bond motifs is 1. The number of nitrogens with one attached hydrogen (secondary N) is 1. The molecule has 0 atom stereocenters. The van der Waals surface area contributed by atoms with Crippen LogP contribution in [0.5, 0.6) is 0 Å². The summed E-state index contributed by atoms with van der Waals surface area (Å²) >= 11 is 0. The highest BCUT2D eigenvalue weighted by Gasteiger charge is 2.01. The molecule has 0 saturated carbocycles. The molecule has 0 aliphatic carbocycles. The van der Waals surface area contributed by atoms with E-state index in [0.717, 1.165) is 17.6 Å². The van der Waals surface area contributed by atoms with Crippen LogP contribution in [0.2, 0.25) is 0 Å². The second-order valence-electron chi connectivity index (χ2n) is 4.95. The van der Waals surface area contributed by atoms with Gasteiger partial charge in [-0.05, 0) is 17.4 Å². The second kappa shape index (κ2) is 8.04. The molecule has 0 bridgehead atoms. The maximum atomic E-state index is 5.83. The summed E-state index contributed by atoms with van der Waals surface area (Å²) in [6.07, 6.45) is 1.81. The van der Waals surface area contributed by atoms with Crippen LogP contribution >= 0.6 is 24.0 Å². The van der Waals surface area contributed by atoms with Crippen LogP contribution in [0, 0.1) is 5.92 Å². The van der Waals surface area contributed by atoms with E-state index in [-0.39, 0.29) is 24.0 Å². The average Bonchev–Trinajstić information content (AvgIpc) is 2.42. The average molecular weight is 384 g/mol. The third-order valence-electron chi connectivity index (χ3n) is 2.85. The van der Waals surface area contributed by atoms with Gasteiger partial charge < -0.3 is 11.1 Å². The summed E-state index contributed by atoms with van der Waals surface area (Å²) in [6.45, 7) is 5.59. The number of guanidine groups is 1. The molecule has 0 radical (unpaired) electrons. The Hall–Kier alpha value is -1.37. The SMILES string of the molecule is CC(C)CNC(N)=NCc1nccc2ccccc12.I. The molecule has 108 valence electrons. The zero-order valence-corrected chi connectivity index (χ0v) is 14.2. The molecule has 0 amide bonds. The van der Waals surface area contributed by atoms with Crippen molar-refractivity contribution >= 4 is 40.7 Å². The number of rotatable bonds is 4. The monoisotopic (exact) mass is 384 g/mol. The van der Waals surface area contributed by atoms with E-state index in [4.69, 9.17) is 5.73 Å². The minimum absolute atomic E-state index is 0. The lowest BCUT2D eigenvalue weighted by molar-refractivity contribution is 0.621. The number of nitrogens with zero attached hydrogens (tertiary/aromatic N) is 2. The molecule has 2 rings (SSSR count). The lowest BCUT2D eigenvalue weighted by Crippen LogP contribution is -2.34. The number of aromatic nitrogens is 1. The molecule has 0 spiro atoms. The zero-order chi connectivity index (χ0) is 13.7. The maximum absolute atomic E-state index is 5.83. The van der Waals surface area contributed by atoms with Crippen molar-refractivity contribution in [1.29, 1.82) is 0 Å². The van der Waals surface area contributed by atoms with Crippen molar-refractivity contribution in [3.63, 3.8) is 0 Å². The molecule has 5 heteroatoms. The zero-order valence-electron chi connectivity index (χ0n) is 11.8. The van der Waals surface area contributed by atoms with Crippen LogP contribution in [0.25, 0.3) is 10.8 Å². The summed E-state index contributed by atoms with van der Waals surface area (Å²) in [4.78, 5) is 8.72. The van der Waals surface area contributed by atoms with Gasteiger partial charge in [-0.1, -0.05) is 38.1 Å². The molecule has 0 aliphatic rings. The van der Waals surface area contributed by atoms with Crippen LogP contribution < -0.4 is 11.1 Å². The van der Waals surface area contributed by atoms with E-state index in [1.807, 2.05) is 24.4 Å². The summed E-state index contributed by atoms with van der Waals surface area (Å²) in [6, 6.07) is 10.2. The normalized spacial score (nSPS) is 11.4. The Labute approximate surface area is 136 Å². The summed E-state index contributed by atoms with van der Waals surface area (Å²) in [5.41, 5.74) is 6.78. The highest BCUT2D eigenvalue weighted by Crippen LogP contribution is 2.16. The Kier molecular flexibility index (Phi) is 6.70. The fourth-order valence-electron chi connectivity index (χ4n) is 1.83. The number of hydrogen-bond acceptors (Lipinski definition) is 2. The first-order valence-corrected chi connectivity index (χ1v) is 6.53. The van der Waals surface area contributed by atoms with Gasteiger partial charge >= 0.3 is 0 Å². The topological polar surface area (TPSA) is 63.3 Å². The number of halogens is 1. The van der Waals surface area contributed by atoms with Gasteiger partial charge in [-0.15, -0.1) is 24.0 Å².